The van der Waals surface area contributed by atoms with Crippen LogP contribution in [-0.4, -0.2) is 22.1 Å². The second kappa shape index (κ2) is 3.89. The molecule has 0 spiro atoms. The number of carboxylic acid groups (broad SMARTS) is 1. The van der Waals surface area contributed by atoms with Crippen molar-refractivity contribution in [1.29, 1.82) is 0 Å². The summed E-state index contributed by atoms with van der Waals surface area (Å²) in [5.74, 6) is -0.262. The molecule has 1 aromatic heterocycles. The Morgan fingerprint density at radius 1 is 1.69 bits per heavy atom. The van der Waals surface area contributed by atoms with Gasteiger partial charge in [-0.3, -0.25) is 4.79 Å². The summed E-state index contributed by atoms with van der Waals surface area (Å²) in [6, 6.07) is 3.07. The van der Waals surface area contributed by atoms with Gasteiger partial charge in [0.2, 0.25) is 0 Å². The van der Waals surface area contributed by atoms with Gasteiger partial charge in [0, 0.05) is 6.20 Å². The number of anilines is 1. The number of pyridine rings is 1. The van der Waals surface area contributed by atoms with Crippen molar-refractivity contribution < 1.29 is 9.90 Å². The summed E-state index contributed by atoms with van der Waals surface area (Å²) in [4.78, 5) is 14.6. The molecule has 4 nitrogen and oxygen atoms in total. The minimum atomic E-state index is -0.884. The van der Waals surface area contributed by atoms with Crippen molar-refractivity contribution in [3.63, 3.8) is 0 Å². The zero-order chi connectivity index (χ0) is 9.84. The van der Waals surface area contributed by atoms with Gasteiger partial charge >= 0.3 is 5.97 Å². The van der Waals surface area contributed by atoms with Gasteiger partial charge in [-0.05, 0) is 25.5 Å². The van der Waals surface area contributed by atoms with E-state index in [-0.39, 0.29) is 0 Å². The maximum atomic E-state index is 10.5. The van der Waals surface area contributed by atoms with E-state index in [0.717, 1.165) is 5.56 Å². The van der Waals surface area contributed by atoms with E-state index in [2.05, 4.69) is 10.3 Å². The lowest BCUT2D eigenvalue weighted by atomic mass is 10.2. The van der Waals surface area contributed by atoms with Gasteiger partial charge < -0.3 is 10.4 Å². The lowest BCUT2D eigenvalue weighted by molar-refractivity contribution is -0.137. The maximum Gasteiger partial charge on any atom is 0.325 e. The Bertz CT molecular complexity index is 312. The summed E-state index contributed by atoms with van der Waals surface area (Å²) in [7, 11) is 0. The molecule has 0 bridgehead atoms. The topological polar surface area (TPSA) is 62.2 Å². The average Bonchev–Trinajstić information content (AvgIpc) is 2.08. The number of aliphatic carboxylic acids is 1. The van der Waals surface area contributed by atoms with Crippen LogP contribution in [0.3, 0.4) is 0 Å². The fraction of sp³-hybridized carbons (Fsp3) is 0.333. The summed E-state index contributed by atoms with van der Waals surface area (Å²) in [6.45, 7) is 3.46. The largest absolute Gasteiger partial charge is 0.480 e. The van der Waals surface area contributed by atoms with Crippen molar-refractivity contribution in [1.82, 2.24) is 4.98 Å². The van der Waals surface area contributed by atoms with Gasteiger partial charge in [-0.1, -0.05) is 6.07 Å². The van der Waals surface area contributed by atoms with Crippen LogP contribution in [0.2, 0.25) is 0 Å². The summed E-state index contributed by atoms with van der Waals surface area (Å²) < 4.78 is 0. The molecule has 1 heterocycles. The second-order valence-electron chi connectivity index (χ2n) is 2.87. The number of nitrogens with zero attached hydrogens (tertiary/aromatic N) is 1. The molecule has 0 aliphatic carbocycles. The molecule has 4 heteroatoms. The van der Waals surface area contributed by atoms with Crippen molar-refractivity contribution in [2.75, 3.05) is 5.32 Å². The minimum Gasteiger partial charge on any atom is -0.480 e. The van der Waals surface area contributed by atoms with Crippen LogP contribution in [0.5, 0.6) is 0 Å². The third-order valence-electron chi connectivity index (χ3n) is 1.73. The lowest BCUT2D eigenvalue weighted by Gasteiger charge is -2.11. The van der Waals surface area contributed by atoms with Crippen molar-refractivity contribution in [3.05, 3.63) is 23.9 Å². The number of nitrogens with one attached hydrogen (secondary N) is 1. The quantitative estimate of drug-likeness (QED) is 0.735. The van der Waals surface area contributed by atoms with Crippen LogP contribution in [-0.2, 0) is 4.79 Å². The molecule has 2 N–H and O–H groups in total. The first kappa shape index (κ1) is 9.51. The summed E-state index contributed by atoms with van der Waals surface area (Å²) >= 11 is 0. The average molecular weight is 180 g/mol. The number of carboxylic acids is 1. The third-order valence-corrected chi connectivity index (χ3v) is 1.73. The molecule has 0 fully saturated rings. The molecule has 1 unspecified atom stereocenters. The van der Waals surface area contributed by atoms with Gasteiger partial charge in [-0.2, -0.15) is 0 Å². The zero-order valence-electron chi connectivity index (χ0n) is 7.61. The zero-order valence-corrected chi connectivity index (χ0v) is 7.61. The summed E-state index contributed by atoms with van der Waals surface area (Å²) in [5.41, 5.74) is 0.940. The maximum absolute atomic E-state index is 10.5. The molecule has 13 heavy (non-hydrogen) atoms. The van der Waals surface area contributed by atoms with E-state index in [0.29, 0.717) is 5.82 Å². The third kappa shape index (κ3) is 2.43. The normalized spacial score (nSPS) is 12.2. The predicted molar refractivity (Wildman–Crippen MR) is 49.7 cm³/mol. The molecule has 0 saturated heterocycles. The van der Waals surface area contributed by atoms with Crippen molar-refractivity contribution in [3.8, 4) is 0 Å². The van der Waals surface area contributed by atoms with Crippen LogP contribution in [0.4, 0.5) is 5.82 Å². The first-order chi connectivity index (χ1) is 6.11. The molecule has 0 amide bonds. The smallest absolute Gasteiger partial charge is 0.325 e. The summed E-state index contributed by atoms with van der Waals surface area (Å²) in [6.07, 6.45) is 1.63. The first-order valence-corrected chi connectivity index (χ1v) is 4.02. The van der Waals surface area contributed by atoms with Gasteiger partial charge in [0.25, 0.3) is 0 Å². The Morgan fingerprint density at radius 2 is 2.38 bits per heavy atom. The Hall–Kier alpha value is -1.58. The van der Waals surface area contributed by atoms with E-state index in [1.165, 1.54) is 0 Å². The highest BCUT2D eigenvalue weighted by Crippen LogP contribution is 2.10. The Labute approximate surface area is 76.6 Å². The minimum absolute atomic E-state index is 0.617. The number of aromatic nitrogens is 1. The Morgan fingerprint density at radius 3 is 2.92 bits per heavy atom. The van der Waals surface area contributed by atoms with E-state index >= 15 is 0 Å². The van der Waals surface area contributed by atoms with E-state index < -0.39 is 12.0 Å². The molecule has 1 rings (SSSR count). The Balaban J connectivity index is 2.74. The monoisotopic (exact) mass is 180 g/mol. The molecular weight excluding hydrogens is 168 g/mol. The van der Waals surface area contributed by atoms with Gasteiger partial charge in [-0.15, -0.1) is 0 Å². The van der Waals surface area contributed by atoms with E-state index in [1.807, 2.05) is 19.1 Å². The van der Waals surface area contributed by atoms with Crippen molar-refractivity contribution >= 4 is 11.8 Å². The van der Waals surface area contributed by atoms with E-state index in [9.17, 15) is 4.79 Å². The number of hydrogen-bond acceptors (Lipinski definition) is 3. The fourth-order valence-electron chi connectivity index (χ4n) is 0.904. The molecule has 0 saturated carbocycles. The Kier molecular flexibility index (Phi) is 2.84. The number of carbonyl (C=O) groups is 1. The molecule has 0 radical (unpaired) electrons. The SMILES string of the molecule is Cc1cccnc1NC(C)C(=O)O. The van der Waals surface area contributed by atoms with Crippen LogP contribution in [0.15, 0.2) is 18.3 Å². The highest BCUT2D eigenvalue weighted by Gasteiger charge is 2.11. The number of aryl methyl sites for hydroxylation is 1. The molecule has 0 aliphatic rings. The standard InChI is InChI=1S/C9H12N2O2/c1-6-4-3-5-10-8(6)11-7(2)9(12)13/h3-5,7H,1-2H3,(H,10,11)(H,12,13). The fourth-order valence-corrected chi connectivity index (χ4v) is 0.904. The van der Waals surface area contributed by atoms with Crippen LogP contribution in [0.25, 0.3) is 0 Å². The second-order valence-corrected chi connectivity index (χ2v) is 2.87. The van der Waals surface area contributed by atoms with E-state index in [1.54, 1.807) is 13.1 Å². The molecule has 1 aromatic rings. The highest BCUT2D eigenvalue weighted by atomic mass is 16.4. The number of rotatable bonds is 3. The van der Waals surface area contributed by atoms with Crippen molar-refractivity contribution in [2.24, 2.45) is 0 Å². The van der Waals surface area contributed by atoms with Crippen LogP contribution in [0.1, 0.15) is 12.5 Å². The van der Waals surface area contributed by atoms with Gasteiger partial charge in [-0.25, -0.2) is 4.98 Å². The lowest BCUT2D eigenvalue weighted by Crippen LogP contribution is -2.26. The van der Waals surface area contributed by atoms with Crippen LogP contribution < -0.4 is 5.32 Å². The van der Waals surface area contributed by atoms with Crippen LogP contribution >= 0.6 is 0 Å². The highest BCUT2D eigenvalue weighted by molar-refractivity contribution is 5.76. The predicted octanol–water partition coefficient (Wildman–Crippen LogP) is 1.28. The van der Waals surface area contributed by atoms with E-state index in [4.69, 9.17) is 5.11 Å². The van der Waals surface area contributed by atoms with Gasteiger partial charge in [0.1, 0.15) is 11.9 Å². The molecule has 70 valence electrons. The number of hydrogen-bond donors (Lipinski definition) is 2. The molecule has 1 atom stereocenters. The van der Waals surface area contributed by atoms with Crippen molar-refractivity contribution in [2.45, 2.75) is 19.9 Å². The first-order valence-electron chi connectivity index (χ1n) is 4.02. The van der Waals surface area contributed by atoms with Gasteiger partial charge in [0.15, 0.2) is 0 Å². The van der Waals surface area contributed by atoms with Crippen LogP contribution in [0, 0.1) is 6.92 Å². The molecule has 0 aromatic carbocycles. The summed E-state index contributed by atoms with van der Waals surface area (Å²) in [5, 5.41) is 11.4. The molecule has 0 aliphatic heterocycles. The molecular formula is C9H12N2O2. The van der Waals surface area contributed by atoms with Gasteiger partial charge in [0.05, 0.1) is 0 Å².